The molecule has 13 atom stereocenters. The summed E-state index contributed by atoms with van der Waals surface area (Å²) in [6.07, 6.45) is 5.21. The van der Waals surface area contributed by atoms with Crippen LogP contribution in [0.4, 0.5) is 0 Å². The molecule has 0 aromatic rings. The van der Waals surface area contributed by atoms with Crippen LogP contribution in [-0.4, -0.2) is 87.1 Å². The molecule has 234 valence electrons. The number of carbonyl (C=O) groups excluding carboxylic acids is 1. The lowest BCUT2D eigenvalue weighted by Crippen LogP contribution is -2.62. The van der Waals surface area contributed by atoms with E-state index in [1.54, 1.807) is 6.08 Å². The second kappa shape index (κ2) is 11.8. The topological polar surface area (TPSA) is 146 Å². The average molecular weight is 581 g/mol. The Morgan fingerprint density at radius 3 is 2.44 bits per heavy atom. The van der Waals surface area contributed by atoms with E-state index < -0.39 is 42.9 Å². The normalized spacial score (nSPS) is 49.9. The van der Waals surface area contributed by atoms with Crippen molar-refractivity contribution in [2.24, 2.45) is 40.4 Å². The number of aliphatic hydroxyl groups excluding tert-OH is 4. The molecule has 0 radical (unpaired) electrons. The molecule has 4 saturated carbocycles. The molecule has 5 aliphatic rings. The third-order valence-electron chi connectivity index (χ3n) is 12.1. The van der Waals surface area contributed by atoms with Crippen LogP contribution in [0.25, 0.3) is 0 Å². The second-order valence-electron chi connectivity index (χ2n) is 14.6. The van der Waals surface area contributed by atoms with E-state index >= 15 is 0 Å². The Labute approximate surface area is 244 Å². The molecule has 13 unspecified atom stereocenters. The molecule has 0 spiro atoms. The molecule has 5 N–H and O–H groups in total. The van der Waals surface area contributed by atoms with Gasteiger partial charge in [0.2, 0.25) is 0 Å². The fraction of sp³-hybridized carbons (Fsp3) is 0.906. The van der Waals surface area contributed by atoms with E-state index in [-0.39, 0.29) is 34.7 Å². The molecule has 0 aromatic heterocycles. The molecule has 1 aliphatic heterocycles. The van der Waals surface area contributed by atoms with E-state index in [4.69, 9.17) is 14.2 Å². The summed E-state index contributed by atoms with van der Waals surface area (Å²) in [5, 5.41) is 52.7. The van der Waals surface area contributed by atoms with Crippen molar-refractivity contribution in [2.75, 3.05) is 13.2 Å². The van der Waals surface area contributed by atoms with Gasteiger partial charge in [-0.2, -0.15) is 0 Å². The second-order valence-corrected chi connectivity index (χ2v) is 14.6. The van der Waals surface area contributed by atoms with E-state index in [0.29, 0.717) is 24.4 Å². The maximum atomic E-state index is 12.4. The predicted molar refractivity (Wildman–Crippen MR) is 150 cm³/mol. The first-order valence-electron chi connectivity index (χ1n) is 15.9. The summed E-state index contributed by atoms with van der Waals surface area (Å²) in [5.41, 5.74) is -0.955. The fourth-order valence-corrected chi connectivity index (χ4v) is 9.52. The minimum absolute atomic E-state index is 0.0732. The van der Waals surface area contributed by atoms with Gasteiger partial charge in [0.15, 0.2) is 6.29 Å². The van der Waals surface area contributed by atoms with E-state index in [1.165, 1.54) is 0 Å². The maximum absolute atomic E-state index is 12.4. The number of hydrogen-bond acceptors (Lipinski definition) is 9. The Kier molecular flexibility index (Phi) is 9.02. The van der Waals surface area contributed by atoms with Crippen molar-refractivity contribution in [1.29, 1.82) is 0 Å². The predicted octanol–water partition coefficient (Wildman–Crippen LogP) is 2.70. The van der Waals surface area contributed by atoms with E-state index in [1.807, 2.05) is 19.9 Å². The number of hydrogen-bond donors (Lipinski definition) is 5. The first kappa shape index (κ1) is 31.4. The van der Waals surface area contributed by atoms with Crippen LogP contribution in [0.2, 0.25) is 0 Å². The lowest BCUT2D eigenvalue weighted by molar-refractivity contribution is -0.317. The van der Waals surface area contributed by atoms with Gasteiger partial charge in [0, 0.05) is 11.5 Å². The van der Waals surface area contributed by atoms with Crippen molar-refractivity contribution in [3.05, 3.63) is 12.2 Å². The summed E-state index contributed by atoms with van der Waals surface area (Å²) in [4.78, 5) is 12.3. The SMILES string of the molecule is CC(C)COC(=O)/C=C/C1CCC2(O)C3CCC4CC(OC5OC(CO)C(O)C(O)C5O)CCC4(C)C3CCC12C. The summed E-state index contributed by atoms with van der Waals surface area (Å²) in [6, 6.07) is 0. The number of esters is 1. The summed E-state index contributed by atoms with van der Waals surface area (Å²) in [6.45, 7) is 8.59. The van der Waals surface area contributed by atoms with Gasteiger partial charge in [-0.3, -0.25) is 0 Å². The zero-order chi connectivity index (χ0) is 29.7. The van der Waals surface area contributed by atoms with E-state index in [2.05, 4.69) is 13.8 Å². The molecule has 0 bridgehead atoms. The maximum Gasteiger partial charge on any atom is 0.330 e. The quantitative estimate of drug-likeness (QED) is 0.174. The lowest BCUT2D eigenvalue weighted by atomic mass is 9.43. The van der Waals surface area contributed by atoms with E-state index in [0.717, 1.165) is 57.8 Å². The number of rotatable bonds is 7. The third kappa shape index (κ3) is 5.42. The molecular weight excluding hydrogens is 528 g/mol. The summed E-state index contributed by atoms with van der Waals surface area (Å²) in [5.74, 6) is 1.18. The minimum atomic E-state index is -1.44. The van der Waals surface area contributed by atoms with Gasteiger partial charge in [0.25, 0.3) is 0 Å². The van der Waals surface area contributed by atoms with Gasteiger partial charge in [-0.1, -0.05) is 33.8 Å². The first-order chi connectivity index (χ1) is 19.3. The Morgan fingerprint density at radius 1 is 0.976 bits per heavy atom. The van der Waals surface area contributed by atoms with Crippen molar-refractivity contribution < 1.29 is 44.5 Å². The van der Waals surface area contributed by atoms with Gasteiger partial charge < -0.3 is 39.7 Å². The average Bonchev–Trinajstić information content (AvgIpc) is 3.21. The van der Waals surface area contributed by atoms with Crippen LogP contribution >= 0.6 is 0 Å². The molecular formula is C32H52O9. The smallest absolute Gasteiger partial charge is 0.330 e. The summed E-state index contributed by atoms with van der Waals surface area (Å²) < 4.78 is 17.1. The minimum Gasteiger partial charge on any atom is -0.462 e. The summed E-state index contributed by atoms with van der Waals surface area (Å²) >= 11 is 0. The zero-order valence-electron chi connectivity index (χ0n) is 25.2. The van der Waals surface area contributed by atoms with Gasteiger partial charge >= 0.3 is 5.97 Å². The van der Waals surface area contributed by atoms with Crippen LogP contribution < -0.4 is 0 Å². The van der Waals surface area contributed by atoms with Gasteiger partial charge in [-0.05, 0) is 92.8 Å². The highest BCUT2D eigenvalue weighted by molar-refractivity contribution is 5.81. The molecule has 41 heavy (non-hydrogen) atoms. The standard InChI is InChI=1S/C32H52O9/c1-18(2)17-39-25(34)8-6-19-9-14-32(38)23-7-5-20-15-21(10-12-30(20,3)22(23)11-13-31(19,32)4)40-29-28(37)27(36)26(35)24(16-33)41-29/h6,8,18-24,26-29,33,35-38H,5,7,9-17H2,1-4H3/b8-6+. The molecule has 1 heterocycles. The van der Waals surface area contributed by atoms with Crippen molar-refractivity contribution in [1.82, 2.24) is 0 Å². The van der Waals surface area contributed by atoms with Crippen LogP contribution in [0.5, 0.6) is 0 Å². The number of fused-ring (bicyclic) bond motifs is 5. The van der Waals surface area contributed by atoms with Crippen molar-refractivity contribution >= 4 is 5.97 Å². The van der Waals surface area contributed by atoms with Crippen LogP contribution in [0.3, 0.4) is 0 Å². The molecule has 9 nitrogen and oxygen atoms in total. The monoisotopic (exact) mass is 580 g/mol. The molecule has 0 aromatic carbocycles. The number of carbonyl (C=O) groups is 1. The number of allylic oxidation sites excluding steroid dienone is 1. The lowest BCUT2D eigenvalue weighted by Gasteiger charge is -2.63. The molecule has 1 saturated heterocycles. The van der Waals surface area contributed by atoms with Crippen molar-refractivity contribution in [3.63, 3.8) is 0 Å². The highest BCUT2D eigenvalue weighted by atomic mass is 16.7. The van der Waals surface area contributed by atoms with Crippen molar-refractivity contribution in [3.8, 4) is 0 Å². The number of aliphatic hydroxyl groups is 5. The number of ether oxygens (including phenoxy) is 3. The Morgan fingerprint density at radius 2 is 1.73 bits per heavy atom. The highest BCUT2D eigenvalue weighted by Gasteiger charge is 2.66. The highest BCUT2D eigenvalue weighted by Crippen LogP contribution is 2.69. The largest absolute Gasteiger partial charge is 0.462 e. The third-order valence-corrected chi connectivity index (χ3v) is 12.1. The van der Waals surface area contributed by atoms with E-state index in [9.17, 15) is 30.3 Å². The Hall–Kier alpha value is -1.07. The van der Waals surface area contributed by atoms with Gasteiger partial charge in [0.05, 0.1) is 24.9 Å². The fourth-order valence-electron chi connectivity index (χ4n) is 9.52. The molecule has 5 rings (SSSR count). The molecule has 4 aliphatic carbocycles. The van der Waals surface area contributed by atoms with Gasteiger partial charge in [-0.25, -0.2) is 4.79 Å². The van der Waals surface area contributed by atoms with Gasteiger partial charge in [-0.15, -0.1) is 0 Å². The Bertz CT molecular complexity index is 969. The molecule has 9 heteroatoms. The van der Waals surface area contributed by atoms with Gasteiger partial charge in [0.1, 0.15) is 24.4 Å². The molecule has 5 fully saturated rings. The van der Waals surface area contributed by atoms with Crippen LogP contribution in [0.1, 0.15) is 85.5 Å². The first-order valence-corrected chi connectivity index (χ1v) is 15.9. The van der Waals surface area contributed by atoms with Crippen LogP contribution in [-0.2, 0) is 19.0 Å². The summed E-state index contributed by atoms with van der Waals surface area (Å²) in [7, 11) is 0. The zero-order valence-corrected chi connectivity index (χ0v) is 25.2. The molecule has 0 amide bonds. The van der Waals surface area contributed by atoms with Crippen molar-refractivity contribution in [2.45, 2.75) is 128 Å². The van der Waals surface area contributed by atoms with Crippen LogP contribution in [0.15, 0.2) is 12.2 Å². The Balaban J connectivity index is 1.24. The van der Waals surface area contributed by atoms with Crippen LogP contribution in [0, 0.1) is 40.4 Å².